The predicted octanol–water partition coefficient (Wildman–Crippen LogP) is 3.68. The minimum absolute atomic E-state index is 0.0212. The predicted molar refractivity (Wildman–Crippen MR) is 70.5 cm³/mol. The first kappa shape index (κ1) is 10.6. The fourth-order valence-corrected chi connectivity index (χ4v) is 2.51. The van der Waals surface area contributed by atoms with Gasteiger partial charge in [0.05, 0.1) is 0 Å². The number of halogens is 1. The van der Waals surface area contributed by atoms with E-state index < -0.39 is 0 Å². The highest BCUT2D eigenvalue weighted by atomic mass is 19.1. The molecule has 2 heterocycles. The molecule has 0 bridgehead atoms. The molecule has 19 heavy (non-hydrogen) atoms. The Balaban J connectivity index is 1.73. The second kappa shape index (κ2) is 3.82. The lowest BCUT2D eigenvalue weighted by Gasteiger charge is -2.05. The maximum absolute atomic E-state index is 13.1. The lowest BCUT2D eigenvalue weighted by atomic mass is 10.1. The first-order chi connectivity index (χ1) is 9.29. The molecule has 0 saturated carbocycles. The fourth-order valence-electron chi connectivity index (χ4n) is 2.51. The van der Waals surface area contributed by atoms with Gasteiger partial charge in [0.1, 0.15) is 17.4 Å². The normalized spacial score (nSPS) is 17.4. The zero-order valence-electron chi connectivity index (χ0n) is 10.1. The molecule has 1 N–H and O–H groups in total. The summed E-state index contributed by atoms with van der Waals surface area (Å²) in [7, 11) is 0. The van der Waals surface area contributed by atoms with Crippen LogP contribution in [0.5, 0.6) is 0 Å². The molecule has 1 aromatic heterocycles. The van der Waals surface area contributed by atoms with Gasteiger partial charge in [-0.1, -0.05) is 18.2 Å². The number of fused-ring (bicyclic) bond motifs is 2. The Morgan fingerprint density at radius 1 is 1.21 bits per heavy atom. The van der Waals surface area contributed by atoms with Crippen molar-refractivity contribution in [3.8, 4) is 0 Å². The molecule has 3 nitrogen and oxygen atoms in total. The Morgan fingerprint density at radius 3 is 3.00 bits per heavy atom. The molecule has 1 aliphatic rings. The molecule has 1 aliphatic heterocycles. The Kier molecular flexibility index (Phi) is 2.12. The number of hydrogen-bond donors (Lipinski definition) is 1. The van der Waals surface area contributed by atoms with Crippen molar-refractivity contribution in [2.75, 3.05) is 5.32 Å². The van der Waals surface area contributed by atoms with Crippen molar-refractivity contribution in [3.63, 3.8) is 0 Å². The molecular formula is C15H11FN2O. The van der Waals surface area contributed by atoms with Crippen molar-refractivity contribution >= 4 is 16.8 Å². The number of oxazole rings is 1. The zero-order chi connectivity index (χ0) is 12.8. The number of anilines is 1. The first-order valence-electron chi connectivity index (χ1n) is 6.20. The summed E-state index contributed by atoms with van der Waals surface area (Å²) in [6.45, 7) is 0. The van der Waals surface area contributed by atoms with Gasteiger partial charge in [0, 0.05) is 18.2 Å². The molecule has 1 unspecified atom stereocenters. The topological polar surface area (TPSA) is 38.1 Å². The number of benzene rings is 2. The second-order valence-electron chi connectivity index (χ2n) is 4.72. The molecule has 4 heteroatoms. The summed E-state index contributed by atoms with van der Waals surface area (Å²) in [6.07, 6.45) is 0.839. The average Bonchev–Trinajstić information content (AvgIpc) is 3.00. The van der Waals surface area contributed by atoms with Crippen LogP contribution in [0.1, 0.15) is 17.5 Å². The van der Waals surface area contributed by atoms with E-state index in [0.717, 1.165) is 12.1 Å². The Labute approximate surface area is 109 Å². The van der Waals surface area contributed by atoms with Crippen molar-refractivity contribution in [2.45, 2.75) is 12.5 Å². The minimum Gasteiger partial charge on any atom is -0.438 e. The van der Waals surface area contributed by atoms with Crippen LogP contribution in [0.15, 0.2) is 46.9 Å². The summed E-state index contributed by atoms with van der Waals surface area (Å²) < 4.78 is 18.8. The molecular weight excluding hydrogens is 243 g/mol. The van der Waals surface area contributed by atoms with Gasteiger partial charge in [0.15, 0.2) is 5.58 Å². The summed E-state index contributed by atoms with van der Waals surface area (Å²) in [6, 6.07) is 12.6. The van der Waals surface area contributed by atoms with Crippen molar-refractivity contribution in [1.82, 2.24) is 4.98 Å². The average molecular weight is 254 g/mol. The molecule has 2 aromatic carbocycles. The quantitative estimate of drug-likeness (QED) is 0.720. The number of nitrogens with zero attached hydrogens (tertiary/aromatic N) is 1. The van der Waals surface area contributed by atoms with Crippen LogP contribution in [0.3, 0.4) is 0 Å². The van der Waals surface area contributed by atoms with E-state index in [0.29, 0.717) is 17.0 Å². The summed E-state index contributed by atoms with van der Waals surface area (Å²) in [5.41, 5.74) is 3.55. The van der Waals surface area contributed by atoms with Gasteiger partial charge in [0.25, 0.3) is 0 Å². The molecule has 0 radical (unpaired) electrons. The number of nitrogens with one attached hydrogen (secondary N) is 1. The van der Waals surface area contributed by atoms with Gasteiger partial charge in [-0.2, -0.15) is 0 Å². The molecule has 4 rings (SSSR count). The Bertz CT molecular complexity index is 741. The fraction of sp³-hybridized carbons (Fsp3) is 0.133. The standard InChI is InChI=1S/C15H11FN2O/c16-10-5-6-12-14(8-10)19-15(18-12)13-7-9-3-1-2-4-11(9)17-13/h1-6,8,13,17H,7H2. The number of para-hydroxylation sites is 1. The largest absolute Gasteiger partial charge is 0.438 e. The highest BCUT2D eigenvalue weighted by Gasteiger charge is 2.25. The van der Waals surface area contributed by atoms with Gasteiger partial charge in [-0.3, -0.25) is 0 Å². The van der Waals surface area contributed by atoms with Gasteiger partial charge < -0.3 is 9.73 Å². The second-order valence-corrected chi connectivity index (χ2v) is 4.72. The minimum atomic E-state index is -0.308. The van der Waals surface area contributed by atoms with Crippen LogP contribution >= 0.6 is 0 Å². The van der Waals surface area contributed by atoms with E-state index in [-0.39, 0.29) is 11.9 Å². The third-order valence-electron chi connectivity index (χ3n) is 3.44. The van der Waals surface area contributed by atoms with Crippen LogP contribution < -0.4 is 5.32 Å². The molecule has 94 valence electrons. The summed E-state index contributed by atoms with van der Waals surface area (Å²) in [4.78, 5) is 4.42. The van der Waals surface area contributed by atoms with E-state index in [1.807, 2.05) is 18.2 Å². The first-order valence-corrected chi connectivity index (χ1v) is 6.20. The van der Waals surface area contributed by atoms with Crippen molar-refractivity contribution in [1.29, 1.82) is 0 Å². The molecule has 0 saturated heterocycles. The van der Waals surface area contributed by atoms with E-state index in [1.165, 1.54) is 17.7 Å². The van der Waals surface area contributed by atoms with Crippen LogP contribution in [0.2, 0.25) is 0 Å². The van der Waals surface area contributed by atoms with Crippen molar-refractivity contribution in [2.24, 2.45) is 0 Å². The van der Waals surface area contributed by atoms with Crippen LogP contribution in [-0.2, 0) is 6.42 Å². The lowest BCUT2D eigenvalue weighted by molar-refractivity contribution is 0.495. The zero-order valence-corrected chi connectivity index (χ0v) is 10.1. The highest BCUT2D eigenvalue weighted by molar-refractivity contribution is 5.72. The third-order valence-corrected chi connectivity index (χ3v) is 3.44. The van der Waals surface area contributed by atoms with Gasteiger partial charge in [-0.25, -0.2) is 9.37 Å². The van der Waals surface area contributed by atoms with Gasteiger partial charge in [-0.15, -0.1) is 0 Å². The van der Waals surface area contributed by atoms with E-state index in [4.69, 9.17) is 4.42 Å². The molecule has 1 atom stereocenters. The molecule has 0 spiro atoms. The number of hydrogen-bond acceptors (Lipinski definition) is 3. The van der Waals surface area contributed by atoms with Gasteiger partial charge >= 0.3 is 0 Å². The molecule has 3 aromatic rings. The number of rotatable bonds is 1. The van der Waals surface area contributed by atoms with E-state index in [1.54, 1.807) is 6.07 Å². The van der Waals surface area contributed by atoms with Crippen molar-refractivity contribution < 1.29 is 8.81 Å². The molecule has 0 amide bonds. The maximum Gasteiger partial charge on any atom is 0.218 e. The lowest BCUT2D eigenvalue weighted by Crippen LogP contribution is -2.05. The maximum atomic E-state index is 13.1. The Hall–Kier alpha value is -2.36. The number of aromatic nitrogens is 1. The van der Waals surface area contributed by atoms with Crippen LogP contribution in [-0.4, -0.2) is 4.98 Å². The van der Waals surface area contributed by atoms with Gasteiger partial charge in [-0.05, 0) is 23.8 Å². The summed E-state index contributed by atoms with van der Waals surface area (Å²) >= 11 is 0. The molecule has 0 aliphatic carbocycles. The van der Waals surface area contributed by atoms with E-state index in [2.05, 4.69) is 16.4 Å². The smallest absolute Gasteiger partial charge is 0.218 e. The van der Waals surface area contributed by atoms with Crippen LogP contribution in [0.4, 0.5) is 10.1 Å². The van der Waals surface area contributed by atoms with Gasteiger partial charge in [0.2, 0.25) is 5.89 Å². The third kappa shape index (κ3) is 1.68. The van der Waals surface area contributed by atoms with E-state index in [9.17, 15) is 4.39 Å². The van der Waals surface area contributed by atoms with E-state index >= 15 is 0 Å². The van der Waals surface area contributed by atoms with Crippen LogP contribution in [0.25, 0.3) is 11.1 Å². The highest BCUT2D eigenvalue weighted by Crippen LogP contribution is 2.34. The SMILES string of the molecule is Fc1ccc2nc(C3Cc4ccccc4N3)oc2c1. The molecule has 0 fully saturated rings. The Morgan fingerprint density at radius 2 is 2.11 bits per heavy atom. The monoisotopic (exact) mass is 254 g/mol. The van der Waals surface area contributed by atoms with Crippen LogP contribution in [0, 0.1) is 5.82 Å². The summed E-state index contributed by atoms with van der Waals surface area (Å²) in [5, 5.41) is 3.38. The van der Waals surface area contributed by atoms with Crippen molar-refractivity contribution in [3.05, 3.63) is 59.7 Å². The summed E-state index contributed by atoms with van der Waals surface area (Å²) in [5.74, 6) is 0.301.